The summed E-state index contributed by atoms with van der Waals surface area (Å²) in [6.45, 7) is 2.09. The number of anilines is 1. The lowest BCUT2D eigenvalue weighted by Gasteiger charge is -2.07. The molecule has 0 radical (unpaired) electrons. The van der Waals surface area contributed by atoms with Crippen molar-refractivity contribution in [2.75, 3.05) is 5.32 Å². The molecule has 0 aliphatic rings. The molecule has 0 aliphatic heterocycles. The highest BCUT2D eigenvalue weighted by Gasteiger charge is 2.06. The molecule has 1 amide bonds. The quantitative estimate of drug-likeness (QED) is 0.830. The molecule has 2 rings (SSSR count). The van der Waals surface area contributed by atoms with E-state index in [4.69, 9.17) is 11.6 Å². The van der Waals surface area contributed by atoms with Gasteiger partial charge in [0.2, 0.25) is 0 Å². The van der Waals surface area contributed by atoms with E-state index in [0.717, 1.165) is 17.7 Å². The highest BCUT2D eigenvalue weighted by molar-refractivity contribution is 6.17. The first-order chi connectivity index (χ1) is 9.22. The van der Waals surface area contributed by atoms with Crippen molar-refractivity contribution in [1.82, 2.24) is 0 Å². The smallest absolute Gasteiger partial charge is 0.255 e. The Kier molecular flexibility index (Phi) is 4.58. The molecule has 2 aromatic rings. The van der Waals surface area contributed by atoms with Crippen molar-refractivity contribution in [1.29, 1.82) is 0 Å². The lowest BCUT2D eigenvalue weighted by molar-refractivity contribution is 0.102. The Morgan fingerprint density at radius 3 is 2.47 bits per heavy atom. The maximum Gasteiger partial charge on any atom is 0.255 e. The number of alkyl halides is 1. The van der Waals surface area contributed by atoms with Crippen LogP contribution in [0.3, 0.4) is 0 Å². The fourth-order valence-electron chi connectivity index (χ4n) is 1.82. The summed E-state index contributed by atoms with van der Waals surface area (Å²) in [5.74, 6) is 0.356. The minimum absolute atomic E-state index is 0.102. The fraction of sp³-hybridized carbons (Fsp3) is 0.188. The molecule has 0 heterocycles. The van der Waals surface area contributed by atoms with Crippen LogP contribution in [-0.2, 0) is 12.3 Å². The summed E-state index contributed by atoms with van der Waals surface area (Å²) in [5, 5.41) is 2.90. The van der Waals surface area contributed by atoms with E-state index in [1.807, 2.05) is 36.4 Å². The Balaban J connectivity index is 2.11. The predicted octanol–water partition coefficient (Wildman–Crippen LogP) is 4.24. The number of benzene rings is 2. The molecule has 2 nitrogen and oxygen atoms in total. The minimum atomic E-state index is -0.102. The Morgan fingerprint density at radius 1 is 1.11 bits per heavy atom. The molecule has 19 heavy (non-hydrogen) atoms. The first kappa shape index (κ1) is 13.6. The largest absolute Gasteiger partial charge is 0.322 e. The topological polar surface area (TPSA) is 29.1 Å². The van der Waals surface area contributed by atoms with Crippen molar-refractivity contribution in [3.05, 3.63) is 65.2 Å². The molecule has 3 heteroatoms. The molecule has 0 aliphatic carbocycles. The average molecular weight is 274 g/mol. The Hall–Kier alpha value is -1.80. The number of nitrogens with one attached hydrogen (secondary N) is 1. The summed E-state index contributed by atoms with van der Waals surface area (Å²) in [6.07, 6.45) is 0.953. The van der Waals surface area contributed by atoms with Gasteiger partial charge < -0.3 is 5.32 Å². The van der Waals surface area contributed by atoms with Crippen LogP contribution in [0.1, 0.15) is 28.4 Å². The lowest BCUT2D eigenvalue weighted by Crippen LogP contribution is -2.11. The van der Waals surface area contributed by atoms with Crippen molar-refractivity contribution in [2.45, 2.75) is 19.2 Å². The molecule has 0 fully saturated rings. The van der Waals surface area contributed by atoms with E-state index < -0.39 is 0 Å². The van der Waals surface area contributed by atoms with Gasteiger partial charge in [-0.3, -0.25) is 4.79 Å². The Morgan fingerprint density at radius 2 is 1.84 bits per heavy atom. The zero-order chi connectivity index (χ0) is 13.7. The number of hydrogen-bond donors (Lipinski definition) is 1. The van der Waals surface area contributed by atoms with Gasteiger partial charge in [-0.05, 0) is 41.8 Å². The minimum Gasteiger partial charge on any atom is -0.322 e. The molecule has 0 saturated carbocycles. The number of amides is 1. The molecule has 0 bridgehead atoms. The molecular weight excluding hydrogens is 258 g/mol. The van der Waals surface area contributed by atoms with Crippen LogP contribution in [0.2, 0.25) is 0 Å². The molecule has 98 valence electrons. The molecular formula is C16H16ClNO. The van der Waals surface area contributed by atoms with Gasteiger partial charge in [0.25, 0.3) is 5.91 Å². The van der Waals surface area contributed by atoms with Crippen molar-refractivity contribution < 1.29 is 4.79 Å². The number of halogens is 1. The van der Waals surface area contributed by atoms with Crippen molar-refractivity contribution in [2.24, 2.45) is 0 Å². The fourth-order valence-corrected chi connectivity index (χ4v) is 2.00. The van der Waals surface area contributed by atoms with Gasteiger partial charge in [0.1, 0.15) is 0 Å². The van der Waals surface area contributed by atoms with Crippen LogP contribution in [0.15, 0.2) is 48.5 Å². The molecule has 0 spiro atoms. The van der Waals surface area contributed by atoms with Crippen molar-refractivity contribution in [3.8, 4) is 0 Å². The summed E-state index contributed by atoms with van der Waals surface area (Å²) in [6, 6.07) is 15.2. The second-order valence-electron chi connectivity index (χ2n) is 4.34. The van der Waals surface area contributed by atoms with E-state index in [2.05, 4.69) is 12.2 Å². The molecule has 2 aromatic carbocycles. The lowest BCUT2D eigenvalue weighted by atomic mass is 10.1. The maximum absolute atomic E-state index is 12.1. The van der Waals surface area contributed by atoms with E-state index in [9.17, 15) is 4.79 Å². The number of hydrogen-bond acceptors (Lipinski definition) is 1. The normalized spacial score (nSPS) is 10.2. The van der Waals surface area contributed by atoms with E-state index in [1.54, 1.807) is 12.1 Å². The van der Waals surface area contributed by atoms with Crippen LogP contribution in [0.4, 0.5) is 5.69 Å². The average Bonchev–Trinajstić information content (AvgIpc) is 2.47. The molecule has 1 N–H and O–H groups in total. The van der Waals surface area contributed by atoms with Gasteiger partial charge in [0, 0.05) is 17.1 Å². The number of carbonyl (C=O) groups is 1. The van der Waals surface area contributed by atoms with Crippen LogP contribution < -0.4 is 5.32 Å². The van der Waals surface area contributed by atoms with Gasteiger partial charge in [-0.25, -0.2) is 0 Å². The third-order valence-electron chi connectivity index (χ3n) is 2.96. The summed E-state index contributed by atoms with van der Waals surface area (Å²) in [5.41, 5.74) is 3.67. The standard InChI is InChI=1S/C16H16ClNO/c1-2-12-4-3-5-15(10-12)18-16(19)14-8-6-13(11-17)7-9-14/h3-10H,2,11H2,1H3,(H,18,19). The number of rotatable bonds is 4. The maximum atomic E-state index is 12.1. The van der Waals surface area contributed by atoms with Crippen LogP contribution in [-0.4, -0.2) is 5.91 Å². The Labute approximate surface area is 118 Å². The van der Waals surface area contributed by atoms with Crippen LogP contribution in [0.25, 0.3) is 0 Å². The van der Waals surface area contributed by atoms with E-state index in [-0.39, 0.29) is 5.91 Å². The Bertz CT molecular complexity index is 563. The second kappa shape index (κ2) is 6.39. The van der Waals surface area contributed by atoms with Crippen molar-refractivity contribution in [3.63, 3.8) is 0 Å². The van der Waals surface area contributed by atoms with Gasteiger partial charge in [-0.15, -0.1) is 11.6 Å². The van der Waals surface area contributed by atoms with Gasteiger partial charge in [0.15, 0.2) is 0 Å². The van der Waals surface area contributed by atoms with Crippen LogP contribution >= 0.6 is 11.6 Å². The SMILES string of the molecule is CCc1cccc(NC(=O)c2ccc(CCl)cc2)c1. The monoisotopic (exact) mass is 273 g/mol. The number of carbonyl (C=O) groups excluding carboxylic acids is 1. The van der Waals surface area contributed by atoms with Crippen LogP contribution in [0.5, 0.6) is 0 Å². The highest BCUT2D eigenvalue weighted by Crippen LogP contribution is 2.13. The van der Waals surface area contributed by atoms with Gasteiger partial charge >= 0.3 is 0 Å². The third-order valence-corrected chi connectivity index (χ3v) is 3.27. The summed E-state index contributed by atoms with van der Waals surface area (Å²) >= 11 is 5.72. The third kappa shape index (κ3) is 3.58. The highest BCUT2D eigenvalue weighted by atomic mass is 35.5. The molecule has 0 atom stereocenters. The first-order valence-electron chi connectivity index (χ1n) is 6.28. The van der Waals surface area contributed by atoms with Crippen molar-refractivity contribution >= 4 is 23.2 Å². The molecule has 0 saturated heterocycles. The zero-order valence-electron chi connectivity index (χ0n) is 10.8. The zero-order valence-corrected chi connectivity index (χ0v) is 11.6. The first-order valence-corrected chi connectivity index (χ1v) is 6.81. The van der Waals surface area contributed by atoms with Gasteiger partial charge in [-0.1, -0.05) is 31.2 Å². The van der Waals surface area contributed by atoms with E-state index >= 15 is 0 Å². The molecule has 0 aromatic heterocycles. The second-order valence-corrected chi connectivity index (χ2v) is 4.61. The van der Waals surface area contributed by atoms with E-state index in [0.29, 0.717) is 11.4 Å². The van der Waals surface area contributed by atoms with Crippen LogP contribution in [0, 0.1) is 0 Å². The summed E-state index contributed by atoms with van der Waals surface area (Å²) in [4.78, 5) is 12.1. The molecule has 0 unspecified atom stereocenters. The van der Waals surface area contributed by atoms with Gasteiger partial charge in [0.05, 0.1) is 0 Å². The number of aryl methyl sites for hydroxylation is 1. The van der Waals surface area contributed by atoms with E-state index in [1.165, 1.54) is 5.56 Å². The predicted molar refractivity (Wildman–Crippen MR) is 79.8 cm³/mol. The summed E-state index contributed by atoms with van der Waals surface area (Å²) in [7, 11) is 0. The van der Waals surface area contributed by atoms with Gasteiger partial charge in [-0.2, -0.15) is 0 Å². The summed E-state index contributed by atoms with van der Waals surface area (Å²) < 4.78 is 0.